The molecular weight excluding hydrogens is 234 g/mol. The van der Waals surface area contributed by atoms with Gasteiger partial charge in [0.25, 0.3) is 0 Å². The molecule has 1 aromatic heterocycles. The van der Waals surface area contributed by atoms with Crippen LogP contribution in [0.25, 0.3) is 0 Å². The number of aliphatic carboxylic acids is 2. The van der Waals surface area contributed by atoms with Crippen LogP contribution in [-0.2, 0) is 9.59 Å². The third-order valence-electron chi connectivity index (χ3n) is 2.02. The Morgan fingerprint density at radius 3 is 2.12 bits per heavy atom. The Hall–Kier alpha value is -2.38. The molecule has 8 nitrogen and oxygen atoms in total. The number of nitro groups is 1. The van der Waals surface area contributed by atoms with Crippen LogP contribution in [0.4, 0.5) is 5.88 Å². The van der Waals surface area contributed by atoms with E-state index in [1.165, 1.54) is 0 Å². The van der Waals surface area contributed by atoms with Crippen LogP contribution in [0.1, 0.15) is 24.5 Å². The quantitative estimate of drug-likeness (QED) is 0.438. The smallest absolute Gasteiger partial charge is 0.433 e. The summed E-state index contributed by atoms with van der Waals surface area (Å²) in [6.07, 6.45) is -1.22. The molecule has 0 atom stereocenters. The Labute approximate surface area is 94.6 Å². The number of hydrogen-bond acceptors (Lipinski definition) is 7. The molecule has 0 saturated heterocycles. The van der Waals surface area contributed by atoms with E-state index in [0.717, 1.165) is 12.1 Å². The van der Waals surface area contributed by atoms with Crippen molar-refractivity contribution in [2.24, 2.45) is 0 Å². The molecule has 0 aliphatic carbocycles. The normalized spacial score (nSPS) is 10.4. The van der Waals surface area contributed by atoms with E-state index in [1.54, 1.807) is 0 Å². The topological polar surface area (TPSA) is 137 Å². The summed E-state index contributed by atoms with van der Waals surface area (Å²) >= 11 is 0. The second-order valence-electron chi connectivity index (χ2n) is 3.28. The van der Waals surface area contributed by atoms with Gasteiger partial charge in [-0.25, -0.2) is 0 Å². The van der Waals surface area contributed by atoms with Crippen molar-refractivity contribution in [1.29, 1.82) is 0 Å². The maximum Gasteiger partial charge on any atom is 0.433 e. The van der Waals surface area contributed by atoms with Crippen molar-refractivity contribution in [1.82, 2.24) is 0 Å². The molecular formula is C9H7NO7-2. The van der Waals surface area contributed by atoms with Crippen LogP contribution < -0.4 is 10.2 Å². The summed E-state index contributed by atoms with van der Waals surface area (Å²) in [6, 6.07) is 2.18. The lowest BCUT2D eigenvalue weighted by molar-refractivity contribution is -0.402. The molecule has 8 heteroatoms. The largest absolute Gasteiger partial charge is 0.550 e. The van der Waals surface area contributed by atoms with Gasteiger partial charge in [0.05, 0.1) is 6.07 Å². The summed E-state index contributed by atoms with van der Waals surface area (Å²) in [6.45, 7) is 0. The van der Waals surface area contributed by atoms with Gasteiger partial charge in [0, 0.05) is 17.9 Å². The van der Waals surface area contributed by atoms with E-state index in [0.29, 0.717) is 0 Å². The third kappa shape index (κ3) is 3.59. The molecule has 17 heavy (non-hydrogen) atoms. The molecule has 0 unspecified atom stereocenters. The van der Waals surface area contributed by atoms with Gasteiger partial charge in [-0.1, -0.05) is 0 Å². The van der Waals surface area contributed by atoms with E-state index in [9.17, 15) is 29.9 Å². The molecule has 92 valence electrons. The van der Waals surface area contributed by atoms with Crippen molar-refractivity contribution in [2.75, 3.05) is 0 Å². The third-order valence-corrected chi connectivity index (χ3v) is 2.02. The first-order valence-corrected chi connectivity index (χ1v) is 4.54. The second-order valence-corrected chi connectivity index (χ2v) is 3.28. The van der Waals surface area contributed by atoms with Crippen molar-refractivity contribution in [2.45, 2.75) is 18.8 Å². The van der Waals surface area contributed by atoms with Crippen LogP contribution >= 0.6 is 0 Å². The van der Waals surface area contributed by atoms with Crippen molar-refractivity contribution in [3.8, 4) is 0 Å². The van der Waals surface area contributed by atoms with E-state index < -0.39 is 41.5 Å². The second kappa shape index (κ2) is 5.10. The highest BCUT2D eigenvalue weighted by molar-refractivity contribution is 5.69. The molecule has 0 radical (unpaired) electrons. The van der Waals surface area contributed by atoms with Gasteiger partial charge in [0.1, 0.15) is 10.7 Å². The summed E-state index contributed by atoms with van der Waals surface area (Å²) in [7, 11) is 0. The minimum Gasteiger partial charge on any atom is -0.550 e. The first kappa shape index (κ1) is 12.7. The SMILES string of the molecule is O=C([O-])CC(CC(=O)[O-])c1ccc([N+](=O)[O-])o1. The highest BCUT2D eigenvalue weighted by Gasteiger charge is 2.20. The monoisotopic (exact) mass is 241 g/mol. The Kier molecular flexibility index (Phi) is 3.81. The maximum atomic E-state index is 10.4. The summed E-state index contributed by atoms with van der Waals surface area (Å²) in [5.41, 5.74) is 0. The van der Waals surface area contributed by atoms with Crippen LogP contribution in [-0.4, -0.2) is 16.9 Å². The highest BCUT2D eigenvalue weighted by Crippen LogP contribution is 2.27. The van der Waals surface area contributed by atoms with Gasteiger partial charge in [-0.15, -0.1) is 0 Å². The van der Waals surface area contributed by atoms with Gasteiger partial charge >= 0.3 is 5.88 Å². The standard InChI is InChI=1S/C9H9NO7/c11-8(12)3-5(4-9(13)14)6-1-2-7(17-6)10(15)16/h1-2,5H,3-4H2,(H,11,12)(H,13,14)/p-2. The Bertz CT molecular complexity index is 434. The number of carboxylic acids is 2. The average molecular weight is 241 g/mol. The average Bonchev–Trinajstić information content (AvgIpc) is 2.63. The fraction of sp³-hybridized carbons (Fsp3) is 0.333. The lowest BCUT2D eigenvalue weighted by Crippen LogP contribution is -2.29. The van der Waals surface area contributed by atoms with Crippen molar-refractivity contribution in [3.05, 3.63) is 28.0 Å². The van der Waals surface area contributed by atoms with E-state index in [4.69, 9.17) is 4.42 Å². The molecule has 0 aromatic carbocycles. The fourth-order valence-electron chi connectivity index (χ4n) is 1.34. The molecule has 0 N–H and O–H groups in total. The van der Waals surface area contributed by atoms with Gasteiger partial charge < -0.3 is 24.2 Å². The minimum atomic E-state index is -1.48. The zero-order valence-electron chi connectivity index (χ0n) is 8.45. The van der Waals surface area contributed by atoms with Gasteiger partial charge in [-0.05, 0) is 18.9 Å². The summed E-state index contributed by atoms with van der Waals surface area (Å²) in [4.78, 5) is 30.3. The van der Waals surface area contributed by atoms with Crippen LogP contribution in [0.2, 0.25) is 0 Å². The van der Waals surface area contributed by atoms with E-state index in [-0.39, 0.29) is 5.76 Å². The zero-order chi connectivity index (χ0) is 13.0. The molecule has 0 saturated carbocycles. The molecule has 1 heterocycles. The minimum absolute atomic E-state index is 0.0925. The molecule has 0 bridgehead atoms. The van der Waals surface area contributed by atoms with Crippen LogP contribution in [0.5, 0.6) is 0 Å². The van der Waals surface area contributed by atoms with Crippen LogP contribution in [0.15, 0.2) is 16.5 Å². The predicted octanol–water partition coefficient (Wildman–Crippen LogP) is -1.45. The number of carbonyl (C=O) groups is 2. The Balaban J connectivity index is 2.90. The van der Waals surface area contributed by atoms with Gasteiger partial charge in [0.2, 0.25) is 0 Å². The number of hydrogen-bond donors (Lipinski definition) is 0. The summed E-state index contributed by atoms with van der Waals surface area (Å²) in [5.74, 6) is -4.67. The van der Waals surface area contributed by atoms with Gasteiger partial charge in [-0.3, -0.25) is 10.1 Å². The van der Waals surface area contributed by atoms with Crippen LogP contribution in [0.3, 0.4) is 0 Å². The highest BCUT2D eigenvalue weighted by atomic mass is 16.6. The Morgan fingerprint density at radius 2 is 1.76 bits per heavy atom. The summed E-state index contributed by atoms with van der Waals surface area (Å²) in [5, 5.41) is 31.1. The zero-order valence-corrected chi connectivity index (χ0v) is 8.45. The van der Waals surface area contributed by atoms with Gasteiger partial charge in [0.15, 0.2) is 0 Å². The van der Waals surface area contributed by atoms with E-state index in [2.05, 4.69) is 0 Å². The fourth-order valence-corrected chi connectivity index (χ4v) is 1.34. The van der Waals surface area contributed by atoms with Crippen molar-refractivity contribution in [3.63, 3.8) is 0 Å². The Morgan fingerprint density at radius 1 is 1.24 bits per heavy atom. The molecule has 0 aliphatic heterocycles. The molecule has 0 aliphatic rings. The van der Waals surface area contributed by atoms with E-state index >= 15 is 0 Å². The molecule has 1 rings (SSSR count). The molecule has 0 spiro atoms. The number of nitrogens with zero attached hydrogens (tertiary/aromatic N) is 1. The first-order chi connectivity index (χ1) is 7.90. The van der Waals surface area contributed by atoms with Gasteiger partial charge in [-0.2, -0.15) is 0 Å². The maximum absolute atomic E-state index is 10.4. The van der Waals surface area contributed by atoms with E-state index in [1.807, 2.05) is 0 Å². The number of carboxylic acid groups (broad SMARTS) is 2. The number of carbonyl (C=O) groups excluding carboxylic acids is 2. The molecule has 0 amide bonds. The van der Waals surface area contributed by atoms with Crippen molar-refractivity contribution >= 4 is 17.8 Å². The number of furan rings is 1. The predicted molar refractivity (Wildman–Crippen MR) is 47.4 cm³/mol. The molecule has 0 fully saturated rings. The van der Waals surface area contributed by atoms with Crippen molar-refractivity contribution < 1.29 is 29.1 Å². The molecule has 1 aromatic rings. The lowest BCUT2D eigenvalue weighted by Gasteiger charge is -2.14. The summed E-state index contributed by atoms with van der Waals surface area (Å²) < 4.78 is 4.73. The van der Waals surface area contributed by atoms with Crippen LogP contribution in [0, 0.1) is 10.1 Å². The number of rotatable bonds is 6. The lowest BCUT2D eigenvalue weighted by atomic mass is 9.99. The first-order valence-electron chi connectivity index (χ1n) is 4.54.